The fraction of sp³-hybridized carbons (Fsp3) is 0.250. The fourth-order valence-electron chi connectivity index (χ4n) is 1.69. The first kappa shape index (κ1) is 12.8. The van der Waals surface area contributed by atoms with Crippen LogP contribution in [0.4, 0.5) is 0 Å². The van der Waals surface area contributed by atoms with Crippen molar-refractivity contribution in [1.29, 1.82) is 0 Å². The molecule has 0 unspecified atom stereocenters. The lowest BCUT2D eigenvalue weighted by molar-refractivity contribution is 0.103. The molecule has 0 N–H and O–H groups in total. The molecule has 0 aliphatic heterocycles. The molecule has 2 heterocycles. The van der Waals surface area contributed by atoms with E-state index in [9.17, 15) is 4.79 Å². The largest absolute Gasteiger partial charge is 0.288 e. The molecule has 0 aromatic carbocycles. The zero-order valence-corrected chi connectivity index (χ0v) is 12.0. The van der Waals surface area contributed by atoms with Crippen molar-refractivity contribution in [2.45, 2.75) is 6.92 Å². The smallest absolute Gasteiger partial charge is 0.203 e. The molecular weight excluding hydrogens is 296 g/mol. The average molecular weight is 309 g/mol. The van der Waals surface area contributed by atoms with Crippen LogP contribution in [0.25, 0.3) is 6.08 Å². The fourth-order valence-corrected chi connectivity index (χ4v) is 2.17. The number of carbonyl (C=O) groups excluding carboxylic acids is 1. The first-order valence-electron chi connectivity index (χ1n) is 5.39. The lowest BCUT2D eigenvalue weighted by Crippen LogP contribution is -2.04. The Kier molecular flexibility index (Phi) is 3.47. The standard InChI is InChI=1S/C12H13BrN4O/c1-8-6-11(17(3)15-8)12(18)5-4-10-9(13)7-14-16(10)2/h4-7H,1-3H3/b5-4+. The molecule has 0 amide bonds. The van der Waals surface area contributed by atoms with Crippen molar-refractivity contribution in [3.63, 3.8) is 0 Å². The van der Waals surface area contributed by atoms with Crippen molar-refractivity contribution in [2.75, 3.05) is 0 Å². The van der Waals surface area contributed by atoms with Crippen molar-refractivity contribution in [3.05, 3.63) is 39.9 Å². The quantitative estimate of drug-likeness (QED) is 0.644. The van der Waals surface area contributed by atoms with E-state index in [0.717, 1.165) is 15.9 Å². The van der Waals surface area contributed by atoms with E-state index in [-0.39, 0.29) is 5.78 Å². The Morgan fingerprint density at radius 2 is 2.11 bits per heavy atom. The van der Waals surface area contributed by atoms with Crippen molar-refractivity contribution in [1.82, 2.24) is 19.6 Å². The van der Waals surface area contributed by atoms with E-state index in [4.69, 9.17) is 0 Å². The van der Waals surface area contributed by atoms with Gasteiger partial charge in [0.15, 0.2) is 0 Å². The summed E-state index contributed by atoms with van der Waals surface area (Å²) in [6, 6.07) is 1.77. The summed E-state index contributed by atoms with van der Waals surface area (Å²) in [6.45, 7) is 1.86. The average Bonchev–Trinajstić information content (AvgIpc) is 2.80. The SMILES string of the molecule is Cc1cc(C(=O)/C=C/c2c(Br)cnn2C)n(C)n1. The molecule has 94 valence electrons. The summed E-state index contributed by atoms with van der Waals surface area (Å²) < 4.78 is 4.14. The number of hydrogen-bond acceptors (Lipinski definition) is 3. The van der Waals surface area contributed by atoms with Crippen LogP contribution in [0.1, 0.15) is 21.9 Å². The highest BCUT2D eigenvalue weighted by Crippen LogP contribution is 2.16. The highest BCUT2D eigenvalue weighted by molar-refractivity contribution is 9.10. The molecule has 0 fully saturated rings. The van der Waals surface area contributed by atoms with Crippen molar-refractivity contribution in [3.8, 4) is 0 Å². The minimum Gasteiger partial charge on any atom is -0.288 e. The molecule has 0 aliphatic rings. The zero-order valence-electron chi connectivity index (χ0n) is 10.4. The van der Waals surface area contributed by atoms with Gasteiger partial charge in [0, 0.05) is 14.1 Å². The molecule has 0 saturated heterocycles. The zero-order chi connectivity index (χ0) is 13.3. The van der Waals surface area contributed by atoms with Gasteiger partial charge in [-0.3, -0.25) is 14.2 Å². The second kappa shape index (κ2) is 4.89. The Labute approximate surface area is 113 Å². The van der Waals surface area contributed by atoms with Gasteiger partial charge in [-0.05, 0) is 41.1 Å². The van der Waals surface area contributed by atoms with Gasteiger partial charge < -0.3 is 0 Å². The maximum absolute atomic E-state index is 12.0. The Morgan fingerprint density at radius 3 is 2.61 bits per heavy atom. The molecule has 2 rings (SSSR count). The molecule has 0 saturated carbocycles. The van der Waals surface area contributed by atoms with E-state index in [1.165, 1.54) is 6.08 Å². The van der Waals surface area contributed by atoms with Crippen molar-refractivity contribution >= 4 is 27.8 Å². The van der Waals surface area contributed by atoms with Gasteiger partial charge in [-0.15, -0.1) is 0 Å². The molecule has 2 aromatic heterocycles. The van der Waals surface area contributed by atoms with Gasteiger partial charge in [-0.2, -0.15) is 10.2 Å². The van der Waals surface area contributed by atoms with Crippen LogP contribution in [0.15, 0.2) is 22.8 Å². The molecule has 6 heteroatoms. The van der Waals surface area contributed by atoms with Crippen molar-refractivity contribution < 1.29 is 4.79 Å². The number of allylic oxidation sites excluding steroid dienone is 1. The van der Waals surface area contributed by atoms with Gasteiger partial charge in [0.05, 0.1) is 22.1 Å². The highest BCUT2D eigenvalue weighted by atomic mass is 79.9. The Bertz CT molecular complexity index is 605. The first-order chi connectivity index (χ1) is 8.49. The maximum atomic E-state index is 12.0. The van der Waals surface area contributed by atoms with E-state index in [1.807, 2.05) is 14.0 Å². The predicted octanol–water partition coefficient (Wildman–Crippen LogP) is 2.12. The third kappa shape index (κ3) is 2.43. The van der Waals surface area contributed by atoms with Crippen LogP contribution < -0.4 is 0 Å². The summed E-state index contributed by atoms with van der Waals surface area (Å²) in [5, 5.41) is 8.23. The molecule has 0 aliphatic carbocycles. The van der Waals surface area contributed by atoms with Crippen LogP contribution >= 0.6 is 15.9 Å². The number of aromatic nitrogens is 4. The second-order valence-electron chi connectivity index (χ2n) is 3.99. The van der Waals surface area contributed by atoms with Crippen molar-refractivity contribution in [2.24, 2.45) is 14.1 Å². The summed E-state index contributed by atoms with van der Waals surface area (Å²) in [6.07, 6.45) is 4.96. The van der Waals surface area contributed by atoms with E-state index < -0.39 is 0 Å². The number of ketones is 1. The van der Waals surface area contributed by atoms with Gasteiger partial charge in [0.1, 0.15) is 5.69 Å². The van der Waals surface area contributed by atoms with Gasteiger partial charge in [0.2, 0.25) is 5.78 Å². The normalized spacial score (nSPS) is 11.3. The van der Waals surface area contributed by atoms with Crippen LogP contribution in [0.2, 0.25) is 0 Å². The summed E-state index contributed by atoms with van der Waals surface area (Å²) in [5.41, 5.74) is 2.25. The Balaban J connectivity index is 2.25. The van der Waals surface area contributed by atoms with Gasteiger partial charge in [0.25, 0.3) is 0 Å². The lowest BCUT2D eigenvalue weighted by Gasteiger charge is -1.97. The first-order valence-corrected chi connectivity index (χ1v) is 6.19. The minimum absolute atomic E-state index is 0.0776. The van der Waals surface area contributed by atoms with Gasteiger partial charge in [-0.25, -0.2) is 0 Å². The molecule has 2 aromatic rings. The number of nitrogens with zero attached hydrogens (tertiary/aromatic N) is 4. The monoisotopic (exact) mass is 308 g/mol. The van der Waals surface area contributed by atoms with Crippen LogP contribution in [0.3, 0.4) is 0 Å². The Morgan fingerprint density at radius 1 is 1.39 bits per heavy atom. The molecule has 0 radical (unpaired) electrons. The molecule has 0 bridgehead atoms. The van der Waals surface area contributed by atoms with E-state index in [0.29, 0.717) is 5.69 Å². The number of rotatable bonds is 3. The Hall–Kier alpha value is -1.69. The predicted molar refractivity (Wildman–Crippen MR) is 72.2 cm³/mol. The topological polar surface area (TPSA) is 52.7 Å². The third-order valence-corrected chi connectivity index (χ3v) is 3.20. The lowest BCUT2D eigenvalue weighted by atomic mass is 10.2. The number of halogens is 1. The van der Waals surface area contributed by atoms with Gasteiger partial charge in [-0.1, -0.05) is 0 Å². The van der Waals surface area contributed by atoms with Crippen LogP contribution in [-0.2, 0) is 14.1 Å². The summed E-state index contributed by atoms with van der Waals surface area (Å²) in [7, 11) is 3.58. The summed E-state index contributed by atoms with van der Waals surface area (Å²) in [5.74, 6) is -0.0776. The summed E-state index contributed by atoms with van der Waals surface area (Å²) >= 11 is 3.38. The van der Waals surface area contributed by atoms with Gasteiger partial charge >= 0.3 is 0 Å². The number of aryl methyl sites for hydroxylation is 3. The van der Waals surface area contributed by atoms with E-state index >= 15 is 0 Å². The van der Waals surface area contributed by atoms with E-state index in [1.54, 1.807) is 34.8 Å². The minimum atomic E-state index is -0.0776. The van der Waals surface area contributed by atoms with E-state index in [2.05, 4.69) is 26.1 Å². The second-order valence-corrected chi connectivity index (χ2v) is 4.85. The highest BCUT2D eigenvalue weighted by Gasteiger charge is 2.09. The third-order valence-electron chi connectivity index (χ3n) is 2.58. The molecule has 5 nitrogen and oxygen atoms in total. The molecule has 0 spiro atoms. The molecule has 0 atom stereocenters. The van der Waals surface area contributed by atoms with Crippen LogP contribution in [0, 0.1) is 6.92 Å². The van der Waals surface area contributed by atoms with Crippen LogP contribution in [0.5, 0.6) is 0 Å². The number of hydrogen-bond donors (Lipinski definition) is 0. The maximum Gasteiger partial charge on any atom is 0.203 e. The summed E-state index contributed by atoms with van der Waals surface area (Å²) in [4.78, 5) is 12.0. The molecular formula is C12H13BrN4O. The molecule has 18 heavy (non-hydrogen) atoms. The number of carbonyl (C=O) groups is 1. The van der Waals surface area contributed by atoms with Crippen LogP contribution in [-0.4, -0.2) is 25.3 Å².